The fourth-order valence-electron chi connectivity index (χ4n) is 5.57. The second kappa shape index (κ2) is 15.5. The van der Waals surface area contributed by atoms with E-state index in [0.717, 1.165) is 48.8 Å². The van der Waals surface area contributed by atoms with Crippen molar-refractivity contribution in [2.75, 3.05) is 10.9 Å². The molecule has 0 fully saturated rings. The average Bonchev–Trinajstić information content (AvgIpc) is 3.14. The minimum atomic E-state index is -4.94. The van der Waals surface area contributed by atoms with E-state index in [9.17, 15) is 61.5 Å². The summed E-state index contributed by atoms with van der Waals surface area (Å²) in [5.41, 5.74) is 8.58. The van der Waals surface area contributed by atoms with Crippen molar-refractivity contribution in [3.05, 3.63) is 142 Å². The summed E-state index contributed by atoms with van der Waals surface area (Å²) in [6.45, 7) is 0. The molecule has 0 saturated heterocycles. The molecular formula is C34H26N6O14S4. The van der Waals surface area contributed by atoms with E-state index in [1.165, 1.54) is 60.9 Å². The largest absolute Gasteiger partial charge is 0.307 e. The minimum absolute atomic E-state index is 0.000917. The van der Waals surface area contributed by atoms with Crippen LogP contribution < -0.4 is 21.7 Å². The van der Waals surface area contributed by atoms with Gasteiger partial charge in [0.1, 0.15) is 31.0 Å². The van der Waals surface area contributed by atoms with E-state index in [0.29, 0.717) is 0 Å². The van der Waals surface area contributed by atoms with Gasteiger partial charge in [-0.15, -0.1) is 0 Å². The molecule has 0 aliphatic heterocycles. The van der Waals surface area contributed by atoms with Crippen molar-refractivity contribution in [3.8, 4) is 0 Å². The molecule has 6 rings (SSSR count). The lowest BCUT2D eigenvalue weighted by Crippen LogP contribution is -2.21. The topological polar surface area (TPSA) is 326 Å². The SMILES string of the molecule is O=C1/C(=C/NNc2ccc(/C=C/c3ccc(NN/C=C4\C=C(S(=O)(=O)O)c5cccnc5C4=O)cc3S(=O)(=O)O)c(S(=O)(=O)O)c2)C=C(S(=O)(=O)O)c2cccnc21. The fourth-order valence-corrected chi connectivity index (χ4v) is 8.43. The molecule has 0 amide bonds. The Balaban J connectivity index is 1.22. The van der Waals surface area contributed by atoms with Gasteiger partial charge in [-0.2, -0.15) is 33.7 Å². The number of anilines is 2. The number of rotatable bonds is 12. The summed E-state index contributed by atoms with van der Waals surface area (Å²) in [7, 11) is -19.4. The maximum atomic E-state index is 12.9. The van der Waals surface area contributed by atoms with Crippen LogP contribution in [-0.2, 0) is 40.5 Å². The molecule has 24 heteroatoms. The molecule has 20 nitrogen and oxygen atoms in total. The Morgan fingerprint density at radius 3 is 1.24 bits per heavy atom. The second-order valence-corrected chi connectivity index (χ2v) is 17.5. The molecule has 2 aliphatic carbocycles. The Kier molecular flexibility index (Phi) is 11.0. The number of carbonyl (C=O) groups is 2. The lowest BCUT2D eigenvalue weighted by Gasteiger charge is -2.16. The zero-order chi connectivity index (χ0) is 42.2. The van der Waals surface area contributed by atoms with Gasteiger partial charge in [0.05, 0.1) is 11.4 Å². The molecule has 0 atom stereocenters. The normalized spacial score (nSPS) is 16.1. The highest BCUT2D eigenvalue weighted by molar-refractivity contribution is 7.95. The van der Waals surface area contributed by atoms with Crippen LogP contribution in [0.25, 0.3) is 22.0 Å². The first kappa shape index (κ1) is 41.3. The number of nitrogens with one attached hydrogen (secondary N) is 4. The average molecular weight is 871 g/mol. The molecule has 0 saturated carbocycles. The van der Waals surface area contributed by atoms with Crippen LogP contribution in [0.1, 0.15) is 43.2 Å². The van der Waals surface area contributed by atoms with Crippen molar-refractivity contribution in [2.24, 2.45) is 0 Å². The third-order valence-corrected chi connectivity index (χ3v) is 11.7. The van der Waals surface area contributed by atoms with Crippen LogP contribution in [0.15, 0.2) is 119 Å². The van der Waals surface area contributed by atoms with Gasteiger partial charge in [-0.05, 0) is 71.8 Å². The van der Waals surface area contributed by atoms with Crippen molar-refractivity contribution in [1.82, 2.24) is 20.8 Å². The number of pyridine rings is 2. The molecule has 2 heterocycles. The molecule has 8 N–H and O–H groups in total. The number of hydrogen-bond donors (Lipinski definition) is 8. The molecule has 58 heavy (non-hydrogen) atoms. The molecule has 0 bridgehead atoms. The molecular weight excluding hydrogens is 845 g/mol. The Morgan fingerprint density at radius 1 is 0.517 bits per heavy atom. The number of benzene rings is 2. The number of nitrogens with zero attached hydrogens (tertiary/aromatic N) is 2. The van der Waals surface area contributed by atoms with Crippen molar-refractivity contribution in [3.63, 3.8) is 0 Å². The number of hydrazine groups is 2. The van der Waals surface area contributed by atoms with Gasteiger partial charge in [0.25, 0.3) is 40.5 Å². The Labute approximate surface area is 329 Å². The Morgan fingerprint density at radius 2 is 0.897 bits per heavy atom. The molecule has 0 spiro atoms. The second-order valence-electron chi connectivity index (χ2n) is 12.0. The van der Waals surface area contributed by atoms with Crippen molar-refractivity contribution in [1.29, 1.82) is 0 Å². The number of ketones is 2. The summed E-state index contributed by atoms with van der Waals surface area (Å²) >= 11 is 0. The van der Waals surface area contributed by atoms with Gasteiger partial charge in [0.2, 0.25) is 11.6 Å². The quantitative estimate of drug-likeness (QED) is 0.0439. The number of fused-ring (bicyclic) bond motifs is 2. The van der Waals surface area contributed by atoms with E-state index in [4.69, 9.17) is 0 Å². The van der Waals surface area contributed by atoms with E-state index in [1.54, 1.807) is 0 Å². The lowest BCUT2D eigenvalue weighted by molar-refractivity contribution is 0.102. The Bertz CT molecular complexity index is 2840. The molecule has 2 aromatic carbocycles. The summed E-state index contributed by atoms with van der Waals surface area (Å²) in [6.07, 6.45) is 8.60. The Hall–Kier alpha value is -6.38. The fraction of sp³-hybridized carbons (Fsp3) is 0. The van der Waals surface area contributed by atoms with Crippen LogP contribution >= 0.6 is 0 Å². The number of hydrogen-bond acceptors (Lipinski definition) is 16. The zero-order valence-electron chi connectivity index (χ0n) is 28.8. The van der Waals surface area contributed by atoms with E-state index in [1.807, 2.05) is 0 Å². The molecule has 300 valence electrons. The van der Waals surface area contributed by atoms with Crippen LogP contribution in [0.2, 0.25) is 0 Å². The molecule has 0 radical (unpaired) electrons. The number of carbonyl (C=O) groups excluding carboxylic acids is 2. The lowest BCUT2D eigenvalue weighted by atomic mass is 9.97. The smallest absolute Gasteiger partial charge is 0.295 e. The first-order valence-corrected chi connectivity index (χ1v) is 21.6. The van der Waals surface area contributed by atoms with Crippen LogP contribution in [0.4, 0.5) is 11.4 Å². The van der Waals surface area contributed by atoms with E-state index >= 15 is 0 Å². The predicted octanol–water partition coefficient (Wildman–Crippen LogP) is 2.99. The third-order valence-electron chi connectivity index (χ3n) is 8.14. The molecule has 4 aromatic rings. The van der Waals surface area contributed by atoms with Gasteiger partial charge in [-0.1, -0.05) is 24.3 Å². The van der Waals surface area contributed by atoms with Gasteiger partial charge in [-0.3, -0.25) is 37.8 Å². The minimum Gasteiger partial charge on any atom is -0.307 e. The van der Waals surface area contributed by atoms with E-state index < -0.39 is 71.6 Å². The first-order chi connectivity index (χ1) is 27.1. The highest BCUT2D eigenvalue weighted by atomic mass is 32.2. The summed E-state index contributed by atoms with van der Waals surface area (Å²) in [5, 5.41) is 0. The summed E-state index contributed by atoms with van der Waals surface area (Å²) in [5.74, 6) is -1.40. The highest BCUT2D eigenvalue weighted by Gasteiger charge is 2.31. The number of aromatic nitrogens is 2. The molecule has 2 aliphatic rings. The zero-order valence-corrected chi connectivity index (χ0v) is 32.1. The van der Waals surface area contributed by atoms with Crippen LogP contribution in [-0.4, -0.2) is 73.4 Å². The van der Waals surface area contributed by atoms with E-state index in [-0.39, 0.29) is 56.2 Å². The van der Waals surface area contributed by atoms with Gasteiger partial charge in [-0.25, -0.2) is 0 Å². The number of Topliss-reactive ketones (excluding diaryl/α,β-unsaturated/α-hetero) is 2. The molecule has 0 unspecified atom stereocenters. The standard InChI is InChI=1S/C34H26N6O14S4/c41-33-21(13-29(57(49,50)51)25-3-1-11-35-31(25)33)17-37-39-23-9-7-19(27(15-23)55(43,44)45)5-6-20-8-10-24(16-28(20)56(46,47)48)40-38-18-22-14-30(58(52,53)54)26-4-2-12-36-32(26)34(22)42/h1-18,37-40H,(H,43,44,45)(H,46,47,48)(H,49,50,51)(H,52,53,54)/b6-5+,21-17+,22-18+. The summed E-state index contributed by atoms with van der Waals surface area (Å²) in [6, 6.07) is 12.3. The van der Waals surface area contributed by atoms with Gasteiger partial charge in [0, 0.05) is 47.1 Å². The highest BCUT2D eigenvalue weighted by Crippen LogP contribution is 2.32. The van der Waals surface area contributed by atoms with Crippen molar-refractivity contribution < 1.29 is 61.5 Å². The van der Waals surface area contributed by atoms with Gasteiger partial charge in [0.15, 0.2) is 0 Å². The van der Waals surface area contributed by atoms with Crippen LogP contribution in [0, 0.1) is 0 Å². The maximum absolute atomic E-state index is 12.9. The first-order valence-electron chi connectivity index (χ1n) is 15.9. The van der Waals surface area contributed by atoms with Crippen LogP contribution in [0.3, 0.4) is 0 Å². The van der Waals surface area contributed by atoms with Crippen LogP contribution in [0.5, 0.6) is 0 Å². The van der Waals surface area contributed by atoms with Crippen molar-refractivity contribution in [2.45, 2.75) is 9.79 Å². The third kappa shape index (κ3) is 8.93. The van der Waals surface area contributed by atoms with Gasteiger partial charge < -0.3 is 21.7 Å². The maximum Gasteiger partial charge on any atom is 0.295 e. The molecule has 2 aromatic heterocycles. The summed E-state index contributed by atoms with van der Waals surface area (Å²) in [4.78, 5) is 31.1. The van der Waals surface area contributed by atoms with Gasteiger partial charge >= 0.3 is 0 Å². The number of allylic oxidation sites excluding steroid dienone is 4. The monoisotopic (exact) mass is 870 g/mol. The van der Waals surface area contributed by atoms with Crippen molar-refractivity contribution >= 4 is 85.4 Å². The predicted molar refractivity (Wildman–Crippen MR) is 207 cm³/mol. The van der Waals surface area contributed by atoms with E-state index in [2.05, 4.69) is 31.7 Å². The summed E-state index contributed by atoms with van der Waals surface area (Å²) < 4.78 is 137.